The van der Waals surface area contributed by atoms with Crippen molar-refractivity contribution in [1.29, 1.82) is 0 Å². The summed E-state index contributed by atoms with van der Waals surface area (Å²) in [6, 6.07) is 6.69. The first-order valence-corrected chi connectivity index (χ1v) is 5.25. The number of carbonyl (C=O) groups excluding carboxylic acids is 1. The Morgan fingerprint density at radius 1 is 1.32 bits per heavy atom. The van der Waals surface area contributed by atoms with Crippen molar-refractivity contribution in [2.75, 3.05) is 12.4 Å². The van der Waals surface area contributed by atoms with E-state index in [2.05, 4.69) is 10.4 Å². The van der Waals surface area contributed by atoms with Crippen molar-refractivity contribution in [3.05, 3.63) is 50.8 Å². The standard InChI is InChI=1S/C11H10N4O4/c1-19-7-5-3-2-4-6(7)12-9(16)8-10(17)13-11(18)15-14-8/h2-5H,1H3,(H,12,16)(H2,13,15,17,18). The highest BCUT2D eigenvalue weighted by molar-refractivity contribution is 6.03. The fourth-order valence-electron chi connectivity index (χ4n) is 1.43. The van der Waals surface area contributed by atoms with Gasteiger partial charge in [-0.1, -0.05) is 12.1 Å². The van der Waals surface area contributed by atoms with Gasteiger partial charge < -0.3 is 10.1 Å². The number of aromatic amines is 2. The lowest BCUT2D eigenvalue weighted by molar-refractivity contribution is 0.101. The maximum Gasteiger partial charge on any atom is 0.342 e. The fraction of sp³-hybridized carbons (Fsp3) is 0.0909. The van der Waals surface area contributed by atoms with Crippen LogP contribution < -0.4 is 21.3 Å². The molecular formula is C11H10N4O4. The summed E-state index contributed by atoms with van der Waals surface area (Å²) in [5, 5.41) is 7.85. The van der Waals surface area contributed by atoms with Crippen LogP contribution >= 0.6 is 0 Å². The molecule has 0 aliphatic heterocycles. The Balaban J connectivity index is 2.31. The normalized spacial score (nSPS) is 9.95. The number of hydrogen-bond donors (Lipinski definition) is 3. The summed E-state index contributed by atoms with van der Waals surface area (Å²) >= 11 is 0. The summed E-state index contributed by atoms with van der Waals surface area (Å²) in [6.07, 6.45) is 0. The van der Waals surface area contributed by atoms with E-state index in [0.29, 0.717) is 11.4 Å². The van der Waals surface area contributed by atoms with Crippen molar-refractivity contribution in [2.45, 2.75) is 0 Å². The third-order valence-electron chi connectivity index (χ3n) is 2.28. The Morgan fingerprint density at radius 2 is 2.05 bits per heavy atom. The molecular weight excluding hydrogens is 252 g/mol. The van der Waals surface area contributed by atoms with Gasteiger partial charge in [-0.15, -0.1) is 0 Å². The molecule has 0 radical (unpaired) electrons. The number of aromatic nitrogens is 3. The second kappa shape index (κ2) is 5.17. The van der Waals surface area contributed by atoms with E-state index in [1.165, 1.54) is 7.11 Å². The number of nitrogens with zero attached hydrogens (tertiary/aromatic N) is 1. The molecule has 0 unspecified atom stereocenters. The molecule has 1 aromatic carbocycles. The number of para-hydroxylation sites is 2. The Bertz CT molecular complexity index is 719. The quantitative estimate of drug-likeness (QED) is 0.703. The molecule has 3 N–H and O–H groups in total. The van der Waals surface area contributed by atoms with Gasteiger partial charge >= 0.3 is 5.69 Å². The van der Waals surface area contributed by atoms with Gasteiger partial charge in [-0.05, 0) is 12.1 Å². The molecule has 19 heavy (non-hydrogen) atoms. The minimum Gasteiger partial charge on any atom is -0.495 e. The van der Waals surface area contributed by atoms with Crippen LogP contribution in [0.5, 0.6) is 5.75 Å². The largest absolute Gasteiger partial charge is 0.495 e. The summed E-state index contributed by atoms with van der Waals surface area (Å²) in [4.78, 5) is 36.0. The molecule has 2 rings (SSSR count). The summed E-state index contributed by atoms with van der Waals surface area (Å²) in [5.74, 6) is -0.307. The Morgan fingerprint density at radius 3 is 2.74 bits per heavy atom. The van der Waals surface area contributed by atoms with E-state index in [1.54, 1.807) is 24.3 Å². The van der Waals surface area contributed by atoms with E-state index in [1.807, 2.05) is 10.1 Å². The molecule has 0 saturated heterocycles. The average Bonchev–Trinajstić information content (AvgIpc) is 2.39. The molecule has 0 aliphatic rings. The van der Waals surface area contributed by atoms with Gasteiger partial charge in [-0.3, -0.25) is 14.6 Å². The predicted octanol–water partition coefficient (Wildman–Crippen LogP) is -0.281. The number of amides is 1. The van der Waals surface area contributed by atoms with Gasteiger partial charge in [0, 0.05) is 0 Å². The van der Waals surface area contributed by atoms with E-state index in [0.717, 1.165) is 0 Å². The van der Waals surface area contributed by atoms with Gasteiger partial charge in [0.25, 0.3) is 11.5 Å². The number of nitrogens with one attached hydrogen (secondary N) is 3. The number of rotatable bonds is 3. The number of H-pyrrole nitrogens is 2. The van der Waals surface area contributed by atoms with Crippen molar-refractivity contribution in [1.82, 2.24) is 15.2 Å². The zero-order valence-electron chi connectivity index (χ0n) is 9.89. The van der Waals surface area contributed by atoms with Crippen molar-refractivity contribution in [3.63, 3.8) is 0 Å². The van der Waals surface area contributed by atoms with Crippen molar-refractivity contribution in [2.24, 2.45) is 0 Å². The lowest BCUT2D eigenvalue weighted by Crippen LogP contribution is -2.32. The fourth-order valence-corrected chi connectivity index (χ4v) is 1.43. The number of benzene rings is 1. The minimum atomic E-state index is -0.865. The van der Waals surface area contributed by atoms with Crippen LogP contribution in [0.2, 0.25) is 0 Å². The molecule has 98 valence electrons. The van der Waals surface area contributed by atoms with E-state index in [4.69, 9.17) is 4.74 Å². The van der Waals surface area contributed by atoms with E-state index in [9.17, 15) is 14.4 Å². The lowest BCUT2D eigenvalue weighted by Gasteiger charge is -2.08. The maximum absolute atomic E-state index is 11.8. The van der Waals surface area contributed by atoms with Gasteiger partial charge in [-0.2, -0.15) is 5.10 Å². The molecule has 0 saturated carbocycles. The van der Waals surface area contributed by atoms with Gasteiger partial charge in [0.1, 0.15) is 5.75 Å². The summed E-state index contributed by atoms with van der Waals surface area (Å²) in [5.41, 5.74) is -1.69. The Hall–Kier alpha value is -2.90. The van der Waals surface area contributed by atoms with E-state index < -0.39 is 22.9 Å². The molecule has 0 spiro atoms. The third kappa shape index (κ3) is 2.68. The second-order valence-corrected chi connectivity index (χ2v) is 3.51. The van der Waals surface area contributed by atoms with Crippen LogP contribution in [-0.4, -0.2) is 28.2 Å². The number of hydrogen-bond acceptors (Lipinski definition) is 5. The monoisotopic (exact) mass is 262 g/mol. The van der Waals surface area contributed by atoms with Gasteiger partial charge in [0.15, 0.2) is 0 Å². The first kappa shape index (κ1) is 12.6. The zero-order chi connectivity index (χ0) is 13.8. The molecule has 0 bridgehead atoms. The topological polar surface area (TPSA) is 117 Å². The molecule has 1 amide bonds. The highest BCUT2D eigenvalue weighted by Crippen LogP contribution is 2.22. The highest BCUT2D eigenvalue weighted by atomic mass is 16.5. The van der Waals surface area contributed by atoms with E-state index in [-0.39, 0.29) is 0 Å². The van der Waals surface area contributed by atoms with Crippen molar-refractivity contribution in [3.8, 4) is 5.75 Å². The molecule has 1 heterocycles. The number of carbonyl (C=O) groups is 1. The first-order valence-electron chi connectivity index (χ1n) is 5.25. The Labute approximate surface area is 106 Å². The minimum absolute atomic E-state index is 0.391. The van der Waals surface area contributed by atoms with Gasteiger partial charge in [-0.25, -0.2) is 9.89 Å². The van der Waals surface area contributed by atoms with Crippen LogP contribution in [0.3, 0.4) is 0 Å². The van der Waals surface area contributed by atoms with Crippen molar-refractivity contribution >= 4 is 11.6 Å². The van der Waals surface area contributed by atoms with Crippen LogP contribution in [0, 0.1) is 0 Å². The highest BCUT2D eigenvalue weighted by Gasteiger charge is 2.14. The number of ether oxygens (including phenoxy) is 1. The third-order valence-corrected chi connectivity index (χ3v) is 2.28. The number of anilines is 1. The summed E-state index contributed by atoms with van der Waals surface area (Å²) < 4.78 is 5.05. The smallest absolute Gasteiger partial charge is 0.342 e. The number of methoxy groups -OCH3 is 1. The maximum atomic E-state index is 11.8. The SMILES string of the molecule is COc1ccccc1NC(=O)c1n[nH]c(=O)[nH]c1=O. The lowest BCUT2D eigenvalue weighted by atomic mass is 10.3. The first-order chi connectivity index (χ1) is 9.11. The zero-order valence-corrected chi connectivity index (χ0v) is 9.89. The van der Waals surface area contributed by atoms with Crippen LogP contribution in [-0.2, 0) is 0 Å². The Kier molecular flexibility index (Phi) is 3.42. The van der Waals surface area contributed by atoms with Crippen LogP contribution in [0.4, 0.5) is 5.69 Å². The van der Waals surface area contributed by atoms with Gasteiger partial charge in [0.2, 0.25) is 5.69 Å². The summed E-state index contributed by atoms with van der Waals surface area (Å²) in [6.45, 7) is 0. The molecule has 0 aliphatic carbocycles. The molecule has 2 aromatic rings. The predicted molar refractivity (Wildman–Crippen MR) is 66.4 cm³/mol. The van der Waals surface area contributed by atoms with Gasteiger partial charge in [0.05, 0.1) is 12.8 Å². The van der Waals surface area contributed by atoms with Crippen LogP contribution in [0.15, 0.2) is 33.9 Å². The molecule has 8 heteroatoms. The molecule has 8 nitrogen and oxygen atoms in total. The van der Waals surface area contributed by atoms with E-state index >= 15 is 0 Å². The summed E-state index contributed by atoms with van der Waals surface area (Å²) in [7, 11) is 1.45. The van der Waals surface area contributed by atoms with Crippen LogP contribution in [0.25, 0.3) is 0 Å². The molecule has 0 fully saturated rings. The molecule has 1 aromatic heterocycles. The van der Waals surface area contributed by atoms with Crippen molar-refractivity contribution < 1.29 is 9.53 Å². The van der Waals surface area contributed by atoms with Crippen LogP contribution in [0.1, 0.15) is 10.5 Å². The second-order valence-electron chi connectivity index (χ2n) is 3.51. The molecule has 0 atom stereocenters. The average molecular weight is 262 g/mol.